The van der Waals surface area contributed by atoms with Crippen molar-refractivity contribution in [2.45, 2.75) is 43.0 Å². The molecule has 1 aromatic rings. The van der Waals surface area contributed by atoms with Crippen LogP contribution in [0.1, 0.15) is 32.1 Å². The number of nitrogens with zero attached hydrogens (tertiary/aromatic N) is 2. The quantitative estimate of drug-likeness (QED) is 0.216. The summed E-state index contributed by atoms with van der Waals surface area (Å²) in [6.07, 6.45) is 5.72. The lowest BCUT2D eigenvalue weighted by Crippen LogP contribution is -2.41. The molecule has 9 nitrogen and oxygen atoms in total. The van der Waals surface area contributed by atoms with E-state index in [1.807, 2.05) is 0 Å². The van der Waals surface area contributed by atoms with Crippen molar-refractivity contribution in [3.8, 4) is 0 Å². The van der Waals surface area contributed by atoms with Gasteiger partial charge in [-0.1, -0.05) is 25.3 Å². The van der Waals surface area contributed by atoms with Crippen molar-refractivity contribution >= 4 is 21.7 Å². The van der Waals surface area contributed by atoms with Crippen LogP contribution < -0.4 is 15.8 Å². The van der Waals surface area contributed by atoms with Crippen LogP contribution in [0.25, 0.3) is 0 Å². The van der Waals surface area contributed by atoms with E-state index in [0.717, 1.165) is 18.9 Å². The molecule has 0 saturated heterocycles. The highest BCUT2D eigenvalue weighted by Crippen LogP contribution is 2.17. The second-order valence-electron chi connectivity index (χ2n) is 5.90. The summed E-state index contributed by atoms with van der Waals surface area (Å²) in [7, 11) is -3.83. The molecule has 4 N–H and O–H groups in total. The number of hydrogen-bond acceptors (Lipinski definition) is 5. The molecule has 0 aromatic heterocycles. The number of sulfonamides is 1. The van der Waals surface area contributed by atoms with Crippen LogP contribution in [-0.4, -0.2) is 38.4 Å². The van der Waals surface area contributed by atoms with Gasteiger partial charge in [0.25, 0.3) is 5.69 Å². The molecule has 0 unspecified atom stereocenters. The maximum atomic E-state index is 12.1. The Morgan fingerprint density at radius 1 is 1.32 bits per heavy atom. The average molecular weight is 369 g/mol. The molecule has 0 bridgehead atoms. The van der Waals surface area contributed by atoms with E-state index in [4.69, 9.17) is 5.73 Å². The minimum absolute atomic E-state index is 0.0536. The van der Waals surface area contributed by atoms with Crippen LogP contribution in [0.15, 0.2) is 34.2 Å². The van der Waals surface area contributed by atoms with Gasteiger partial charge in [-0.05, 0) is 18.9 Å². The summed E-state index contributed by atoms with van der Waals surface area (Å²) in [6.45, 7) is 0.234. The Kier molecular flexibility index (Phi) is 6.71. The van der Waals surface area contributed by atoms with E-state index in [1.165, 1.54) is 37.5 Å². The summed E-state index contributed by atoms with van der Waals surface area (Å²) in [4.78, 5) is 14.0. The molecule has 0 heterocycles. The van der Waals surface area contributed by atoms with Crippen molar-refractivity contribution in [3.05, 3.63) is 34.4 Å². The van der Waals surface area contributed by atoms with Gasteiger partial charge in [0, 0.05) is 24.7 Å². The summed E-state index contributed by atoms with van der Waals surface area (Å²) in [5, 5.41) is 13.9. The number of aliphatic imine (C=N–C) groups is 1. The maximum absolute atomic E-state index is 12.1. The first-order chi connectivity index (χ1) is 11.9. The van der Waals surface area contributed by atoms with Crippen molar-refractivity contribution in [3.63, 3.8) is 0 Å². The Balaban J connectivity index is 1.84. The van der Waals surface area contributed by atoms with Crippen molar-refractivity contribution < 1.29 is 13.3 Å². The third-order valence-electron chi connectivity index (χ3n) is 3.98. The van der Waals surface area contributed by atoms with Gasteiger partial charge < -0.3 is 11.1 Å². The van der Waals surface area contributed by atoms with Gasteiger partial charge in [0.2, 0.25) is 10.0 Å². The normalized spacial score (nSPS) is 16.6. The molecular weight excluding hydrogens is 346 g/mol. The standard InChI is InChI=1S/C15H23N5O4S/c16-15(19-12-5-2-1-3-6-12)17-9-10-18-25(23,24)14-8-4-7-13(11-14)20(21)22/h4,7-8,11-12,18H,1-3,5-6,9-10H2,(H3,16,17,19). The molecule has 1 fully saturated rings. The van der Waals surface area contributed by atoms with Crippen LogP contribution in [0.3, 0.4) is 0 Å². The van der Waals surface area contributed by atoms with E-state index >= 15 is 0 Å². The number of nitrogens with two attached hydrogens (primary N) is 1. The first-order valence-corrected chi connectivity index (χ1v) is 9.67. The second kappa shape index (κ2) is 8.77. The van der Waals surface area contributed by atoms with E-state index in [2.05, 4.69) is 15.0 Å². The van der Waals surface area contributed by atoms with Crippen molar-refractivity contribution in [2.24, 2.45) is 10.7 Å². The topological polar surface area (TPSA) is 140 Å². The summed E-state index contributed by atoms with van der Waals surface area (Å²) in [5.41, 5.74) is 5.53. The smallest absolute Gasteiger partial charge is 0.270 e. The number of hydrogen-bond donors (Lipinski definition) is 3. The van der Waals surface area contributed by atoms with E-state index in [-0.39, 0.29) is 23.7 Å². The van der Waals surface area contributed by atoms with Crippen LogP contribution >= 0.6 is 0 Å². The van der Waals surface area contributed by atoms with Crippen LogP contribution in [0.2, 0.25) is 0 Å². The number of nitrogens with one attached hydrogen (secondary N) is 2. The van der Waals surface area contributed by atoms with Gasteiger partial charge in [0.15, 0.2) is 5.96 Å². The minimum Gasteiger partial charge on any atom is -0.370 e. The Bertz CT molecular complexity index is 729. The van der Waals surface area contributed by atoms with Gasteiger partial charge in [0.05, 0.1) is 16.4 Å². The summed E-state index contributed by atoms with van der Waals surface area (Å²) in [5.74, 6) is 0.307. The van der Waals surface area contributed by atoms with Crippen molar-refractivity contribution in [1.29, 1.82) is 0 Å². The third kappa shape index (κ3) is 5.98. The zero-order chi connectivity index (χ0) is 18.3. The molecule has 0 radical (unpaired) electrons. The number of nitro benzene ring substituents is 1. The fourth-order valence-electron chi connectivity index (χ4n) is 2.71. The molecule has 25 heavy (non-hydrogen) atoms. The van der Waals surface area contributed by atoms with Gasteiger partial charge in [-0.3, -0.25) is 15.1 Å². The number of rotatable bonds is 7. The molecule has 2 rings (SSSR count). The highest BCUT2D eigenvalue weighted by atomic mass is 32.2. The minimum atomic E-state index is -3.83. The number of nitro groups is 1. The van der Waals surface area contributed by atoms with Gasteiger partial charge in [-0.25, -0.2) is 13.1 Å². The fourth-order valence-corrected chi connectivity index (χ4v) is 3.77. The summed E-state index contributed by atoms with van der Waals surface area (Å²) >= 11 is 0. The zero-order valence-electron chi connectivity index (χ0n) is 13.8. The number of benzene rings is 1. The molecule has 10 heteroatoms. The van der Waals surface area contributed by atoms with Crippen molar-refractivity contribution in [1.82, 2.24) is 10.0 Å². The Labute approximate surface area is 146 Å². The first kappa shape index (κ1) is 19.1. The number of non-ortho nitro benzene ring substituents is 1. The first-order valence-electron chi connectivity index (χ1n) is 8.19. The van der Waals surface area contributed by atoms with Crippen molar-refractivity contribution in [2.75, 3.05) is 13.1 Å². The molecule has 138 valence electrons. The molecule has 1 aliphatic carbocycles. The van der Waals surface area contributed by atoms with Gasteiger partial charge in [-0.15, -0.1) is 0 Å². The van der Waals surface area contributed by atoms with Crippen LogP contribution in [0.5, 0.6) is 0 Å². The Hall–Kier alpha value is -2.20. The molecule has 1 saturated carbocycles. The molecule has 0 amide bonds. The third-order valence-corrected chi connectivity index (χ3v) is 5.44. The second-order valence-corrected chi connectivity index (χ2v) is 7.67. The highest BCUT2D eigenvalue weighted by molar-refractivity contribution is 7.89. The zero-order valence-corrected chi connectivity index (χ0v) is 14.7. The van der Waals surface area contributed by atoms with E-state index in [9.17, 15) is 18.5 Å². The van der Waals surface area contributed by atoms with Crippen LogP contribution in [0, 0.1) is 10.1 Å². The molecule has 0 spiro atoms. The van der Waals surface area contributed by atoms with Gasteiger partial charge >= 0.3 is 0 Å². The molecule has 1 aliphatic rings. The highest BCUT2D eigenvalue weighted by Gasteiger charge is 2.17. The Morgan fingerprint density at radius 2 is 2.04 bits per heavy atom. The lowest BCUT2D eigenvalue weighted by Gasteiger charge is -2.23. The van der Waals surface area contributed by atoms with E-state index < -0.39 is 14.9 Å². The predicted octanol–water partition coefficient (Wildman–Crippen LogP) is 1.11. The van der Waals surface area contributed by atoms with Crippen LogP contribution in [-0.2, 0) is 10.0 Å². The van der Waals surface area contributed by atoms with Gasteiger partial charge in [0.1, 0.15) is 0 Å². The van der Waals surface area contributed by atoms with Crippen LogP contribution in [0.4, 0.5) is 5.69 Å². The lowest BCUT2D eigenvalue weighted by molar-refractivity contribution is -0.385. The van der Waals surface area contributed by atoms with Gasteiger partial charge in [-0.2, -0.15) is 0 Å². The SMILES string of the molecule is NC(=NCCNS(=O)(=O)c1cccc([N+](=O)[O-])c1)NC1CCCCC1. The monoisotopic (exact) mass is 369 g/mol. The molecule has 1 aromatic carbocycles. The lowest BCUT2D eigenvalue weighted by atomic mass is 9.96. The largest absolute Gasteiger partial charge is 0.370 e. The summed E-state index contributed by atoms with van der Waals surface area (Å²) < 4.78 is 26.6. The summed E-state index contributed by atoms with van der Waals surface area (Å²) in [6, 6.07) is 5.22. The fraction of sp³-hybridized carbons (Fsp3) is 0.533. The van der Waals surface area contributed by atoms with E-state index in [1.54, 1.807) is 0 Å². The molecule has 0 aliphatic heterocycles. The van der Waals surface area contributed by atoms with E-state index in [0.29, 0.717) is 12.0 Å². The number of guanidine groups is 1. The molecular formula is C15H23N5O4S. The predicted molar refractivity (Wildman–Crippen MR) is 94.8 cm³/mol. The maximum Gasteiger partial charge on any atom is 0.270 e. The Morgan fingerprint density at radius 3 is 2.72 bits per heavy atom. The average Bonchev–Trinajstić information content (AvgIpc) is 2.60. The molecule has 0 atom stereocenters.